The molecule has 0 radical (unpaired) electrons. The highest BCUT2D eigenvalue weighted by molar-refractivity contribution is 5.20. The third kappa shape index (κ3) is 3.61. The van der Waals surface area contributed by atoms with Crippen LogP contribution in [0.3, 0.4) is 0 Å². The second-order valence-corrected chi connectivity index (χ2v) is 4.69. The van der Waals surface area contributed by atoms with Crippen molar-refractivity contribution < 1.29 is 9.63 Å². The van der Waals surface area contributed by atoms with E-state index < -0.39 is 0 Å². The maximum absolute atomic E-state index is 9.24. The van der Waals surface area contributed by atoms with Gasteiger partial charge in [0.1, 0.15) is 5.76 Å². The van der Waals surface area contributed by atoms with E-state index in [1.807, 2.05) is 13.8 Å². The molecule has 0 saturated heterocycles. The van der Waals surface area contributed by atoms with E-state index in [2.05, 4.69) is 24.3 Å². The summed E-state index contributed by atoms with van der Waals surface area (Å²) in [4.78, 5) is 0. The van der Waals surface area contributed by atoms with Crippen molar-refractivity contribution in [1.82, 2.24) is 10.5 Å². The highest BCUT2D eigenvalue weighted by Gasteiger charge is 2.13. The summed E-state index contributed by atoms with van der Waals surface area (Å²) in [5, 5.41) is 16.5. The van der Waals surface area contributed by atoms with Gasteiger partial charge in [0, 0.05) is 18.2 Å². The van der Waals surface area contributed by atoms with Crippen molar-refractivity contribution in [2.24, 2.45) is 5.92 Å². The zero-order chi connectivity index (χ0) is 12.1. The summed E-state index contributed by atoms with van der Waals surface area (Å²) in [6.45, 7) is 9.03. The highest BCUT2D eigenvalue weighted by atomic mass is 16.5. The second-order valence-electron chi connectivity index (χ2n) is 4.69. The molecule has 4 heteroatoms. The van der Waals surface area contributed by atoms with E-state index in [0.29, 0.717) is 12.5 Å². The topological polar surface area (TPSA) is 58.3 Å². The Kier molecular flexibility index (Phi) is 4.96. The van der Waals surface area contributed by atoms with Crippen molar-refractivity contribution in [3.05, 3.63) is 17.0 Å². The van der Waals surface area contributed by atoms with Crippen LogP contribution in [0.5, 0.6) is 0 Å². The molecule has 0 aliphatic carbocycles. The first-order valence-corrected chi connectivity index (χ1v) is 5.80. The van der Waals surface area contributed by atoms with E-state index in [-0.39, 0.29) is 12.6 Å². The number of hydrogen-bond acceptors (Lipinski definition) is 4. The van der Waals surface area contributed by atoms with Crippen LogP contribution in [0.4, 0.5) is 0 Å². The smallest absolute Gasteiger partial charge is 0.138 e. The Morgan fingerprint density at radius 3 is 2.50 bits per heavy atom. The Morgan fingerprint density at radius 1 is 1.38 bits per heavy atom. The molecule has 1 atom stereocenters. The number of aromatic nitrogens is 1. The summed E-state index contributed by atoms with van der Waals surface area (Å²) in [7, 11) is 0. The molecule has 1 aromatic heterocycles. The average molecular weight is 226 g/mol. The molecule has 0 aliphatic heterocycles. The number of nitrogens with one attached hydrogen (secondary N) is 1. The Labute approximate surface area is 97.0 Å². The molecule has 0 aromatic carbocycles. The fourth-order valence-corrected chi connectivity index (χ4v) is 1.79. The minimum atomic E-state index is 0.147. The fourth-order valence-electron chi connectivity index (χ4n) is 1.79. The summed E-state index contributed by atoms with van der Waals surface area (Å²) < 4.78 is 5.09. The quantitative estimate of drug-likeness (QED) is 0.776. The van der Waals surface area contributed by atoms with Crippen LogP contribution in [0, 0.1) is 19.8 Å². The SMILES string of the molecule is Cc1noc(C)c1CNC(CO)CC(C)C. The van der Waals surface area contributed by atoms with Crippen LogP contribution >= 0.6 is 0 Å². The van der Waals surface area contributed by atoms with Gasteiger partial charge in [-0.25, -0.2) is 0 Å². The van der Waals surface area contributed by atoms with Crippen LogP contribution in [0.25, 0.3) is 0 Å². The van der Waals surface area contributed by atoms with Crippen LogP contribution in [-0.4, -0.2) is 22.9 Å². The number of rotatable bonds is 6. The Bertz CT molecular complexity index is 301. The third-order valence-corrected chi connectivity index (χ3v) is 2.73. The maximum atomic E-state index is 9.24. The molecule has 1 rings (SSSR count). The van der Waals surface area contributed by atoms with E-state index >= 15 is 0 Å². The summed E-state index contributed by atoms with van der Waals surface area (Å²) in [5.74, 6) is 1.43. The lowest BCUT2D eigenvalue weighted by Crippen LogP contribution is -2.33. The monoisotopic (exact) mass is 226 g/mol. The van der Waals surface area contributed by atoms with Crippen molar-refractivity contribution in [2.75, 3.05) is 6.61 Å². The lowest BCUT2D eigenvalue weighted by molar-refractivity contribution is 0.223. The van der Waals surface area contributed by atoms with Gasteiger partial charge in [0.25, 0.3) is 0 Å². The van der Waals surface area contributed by atoms with E-state index in [4.69, 9.17) is 4.52 Å². The summed E-state index contributed by atoms with van der Waals surface area (Å²) in [5.41, 5.74) is 2.02. The van der Waals surface area contributed by atoms with Gasteiger partial charge in [-0.15, -0.1) is 0 Å². The first-order chi connectivity index (χ1) is 7.54. The number of hydrogen-bond donors (Lipinski definition) is 2. The van der Waals surface area contributed by atoms with Gasteiger partial charge in [0.05, 0.1) is 12.3 Å². The fraction of sp³-hybridized carbons (Fsp3) is 0.750. The largest absolute Gasteiger partial charge is 0.395 e. The molecule has 0 saturated carbocycles. The number of aryl methyl sites for hydroxylation is 2. The van der Waals surface area contributed by atoms with Crippen LogP contribution in [-0.2, 0) is 6.54 Å². The predicted octanol–water partition coefficient (Wildman–Crippen LogP) is 1.79. The third-order valence-electron chi connectivity index (χ3n) is 2.73. The molecule has 0 aliphatic rings. The molecule has 16 heavy (non-hydrogen) atoms. The zero-order valence-electron chi connectivity index (χ0n) is 10.6. The molecule has 2 N–H and O–H groups in total. The summed E-state index contributed by atoms with van der Waals surface area (Å²) >= 11 is 0. The predicted molar refractivity (Wildman–Crippen MR) is 63.1 cm³/mol. The first kappa shape index (κ1) is 13.2. The normalized spacial score (nSPS) is 13.4. The van der Waals surface area contributed by atoms with Crippen molar-refractivity contribution in [2.45, 2.75) is 46.7 Å². The molecule has 92 valence electrons. The van der Waals surface area contributed by atoms with Crippen LogP contribution < -0.4 is 5.32 Å². The Balaban J connectivity index is 2.49. The van der Waals surface area contributed by atoms with Gasteiger partial charge in [-0.05, 0) is 26.2 Å². The van der Waals surface area contributed by atoms with Crippen molar-refractivity contribution in [1.29, 1.82) is 0 Å². The molecule has 0 spiro atoms. The number of aliphatic hydroxyl groups is 1. The van der Waals surface area contributed by atoms with Gasteiger partial charge in [-0.3, -0.25) is 0 Å². The molecule has 4 nitrogen and oxygen atoms in total. The molecule has 0 amide bonds. The highest BCUT2D eigenvalue weighted by Crippen LogP contribution is 2.12. The molecule has 1 aromatic rings. The van der Waals surface area contributed by atoms with Crippen LogP contribution in [0.15, 0.2) is 4.52 Å². The van der Waals surface area contributed by atoms with E-state index in [1.54, 1.807) is 0 Å². The van der Waals surface area contributed by atoms with Crippen LogP contribution in [0.2, 0.25) is 0 Å². The molecule has 0 fully saturated rings. The zero-order valence-corrected chi connectivity index (χ0v) is 10.6. The molecule has 1 unspecified atom stereocenters. The molecular formula is C12H22N2O2. The van der Waals surface area contributed by atoms with E-state index in [0.717, 1.165) is 23.4 Å². The van der Waals surface area contributed by atoms with E-state index in [1.165, 1.54) is 0 Å². The second kappa shape index (κ2) is 6.01. The summed E-state index contributed by atoms with van der Waals surface area (Å²) in [6, 6.07) is 0.147. The molecular weight excluding hydrogens is 204 g/mol. The minimum absolute atomic E-state index is 0.147. The van der Waals surface area contributed by atoms with Gasteiger partial charge in [-0.2, -0.15) is 0 Å². The van der Waals surface area contributed by atoms with Crippen molar-refractivity contribution in [3.63, 3.8) is 0 Å². The van der Waals surface area contributed by atoms with Crippen molar-refractivity contribution >= 4 is 0 Å². The lowest BCUT2D eigenvalue weighted by atomic mass is 10.0. The minimum Gasteiger partial charge on any atom is -0.395 e. The van der Waals surface area contributed by atoms with Gasteiger partial charge in [-0.1, -0.05) is 19.0 Å². The van der Waals surface area contributed by atoms with Gasteiger partial charge in [0.15, 0.2) is 0 Å². The van der Waals surface area contributed by atoms with Gasteiger partial charge in [0.2, 0.25) is 0 Å². The van der Waals surface area contributed by atoms with Gasteiger partial charge >= 0.3 is 0 Å². The first-order valence-electron chi connectivity index (χ1n) is 5.80. The van der Waals surface area contributed by atoms with Gasteiger partial charge < -0.3 is 14.9 Å². The molecule has 1 heterocycles. The van der Waals surface area contributed by atoms with Crippen molar-refractivity contribution in [3.8, 4) is 0 Å². The summed E-state index contributed by atoms with van der Waals surface area (Å²) in [6.07, 6.45) is 0.972. The maximum Gasteiger partial charge on any atom is 0.138 e. The van der Waals surface area contributed by atoms with Crippen LogP contribution in [0.1, 0.15) is 37.3 Å². The lowest BCUT2D eigenvalue weighted by Gasteiger charge is -2.18. The Morgan fingerprint density at radius 2 is 2.06 bits per heavy atom. The molecule has 0 bridgehead atoms. The average Bonchev–Trinajstić information content (AvgIpc) is 2.53. The number of nitrogens with zero attached hydrogens (tertiary/aromatic N) is 1. The Hall–Kier alpha value is -0.870. The van der Waals surface area contributed by atoms with E-state index in [9.17, 15) is 5.11 Å². The number of aliphatic hydroxyl groups excluding tert-OH is 1. The standard InChI is InChI=1S/C12H22N2O2/c1-8(2)5-11(7-15)13-6-12-9(3)14-16-10(12)4/h8,11,13,15H,5-7H2,1-4H3.